The summed E-state index contributed by atoms with van der Waals surface area (Å²) in [7, 11) is 0. The fourth-order valence-electron chi connectivity index (χ4n) is 4.66. The van der Waals surface area contributed by atoms with E-state index in [4.69, 9.17) is 9.47 Å². The molecule has 0 aliphatic carbocycles. The topological polar surface area (TPSA) is 35.5 Å². The Morgan fingerprint density at radius 1 is 0.676 bits per heavy atom. The van der Waals surface area contributed by atoms with Crippen molar-refractivity contribution in [2.75, 3.05) is 13.2 Å². The van der Waals surface area contributed by atoms with E-state index in [-0.39, 0.29) is 5.78 Å². The average Bonchev–Trinajstić information content (AvgIpc) is 2.86. The van der Waals surface area contributed by atoms with Crippen LogP contribution in [0.1, 0.15) is 63.2 Å². The highest BCUT2D eigenvalue weighted by molar-refractivity contribution is 6.11. The lowest BCUT2D eigenvalue weighted by Crippen LogP contribution is -2.01. The minimum Gasteiger partial charge on any atom is -0.493 e. The summed E-state index contributed by atoms with van der Waals surface area (Å²) in [5.74, 6) is 1.88. The van der Waals surface area contributed by atoms with Crippen molar-refractivity contribution in [3.63, 3.8) is 0 Å². The number of carbonyl (C=O) groups is 1. The van der Waals surface area contributed by atoms with Gasteiger partial charge >= 0.3 is 0 Å². The molecular formula is C31H34O3. The van der Waals surface area contributed by atoms with Crippen LogP contribution >= 0.6 is 0 Å². The lowest BCUT2D eigenvalue weighted by molar-refractivity contribution is 0.0979. The zero-order valence-electron chi connectivity index (χ0n) is 20.5. The lowest BCUT2D eigenvalue weighted by Gasteiger charge is -2.19. The Labute approximate surface area is 202 Å². The fraction of sp³-hybridized carbons (Fsp3) is 0.323. The van der Waals surface area contributed by atoms with Gasteiger partial charge in [0.15, 0.2) is 5.78 Å². The Hall–Kier alpha value is -3.33. The molecule has 0 saturated carbocycles. The molecule has 4 rings (SSSR count). The van der Waals surface area contributed by atoms with Gasteiger partial charge in [-0.25, -0.2) is 0 Å². The molecule has 0 aliphatic rings. The summed E-state index contributed by atoms with van der Waals surface area (Å²) in [4.78, 5) is 12.8. The Morgan fingerprint density at radius 2 is 1.32 bits per heavy atom. The van der Waals surface area contributed by atoms with E-state index in [1.54, 1.807) is 0 Å². The third-order valence-electron chi connectivity index (χ3n) is 6.30. The van der Waals surface area contributed by atoms with Gasteiger partial charge in [0.2, 0.25) is 0 Å². The van der Waals surface area contributed by atoms with Crippen molar-refractivity contribution >= 4 is 27.3 Å². The molecular weight excluding hydrogens is 420 g/mol. The van der Waals surface area contributed by atoms with E-state index in [1.807, 2.05) is 38.1 Å². The van der Waals surface area contributed by atoms with Crippen molar-refractivity contribution in [2.24, 2.45) is 0 Å². The summed E-state index contributed by atoms with van der Waals surface area (Å²) >= 11 is 0. The Morgan fingerprint density at radius 3 is 2.00 bits per heavy atom. The van der Waals surface area contributed by atoms with Crippen molar-refractivity contribution < 1.29 is 14.3 Å². The van der Waals surface area contributed by atoms with E-state index in [0.717, 1.165) is 62.6 Å². The normalized spacial score (nSPS) is 11.1. The van der Waals surface area contributed by atoms with E-state index < -0.39 is 0 Å². The summed E-state index contributed by atoms with van der Waals surface area (Å²) in [6.07, 6.45) is 5.02. The van der Waals surface area contributed by atoms with Crippen molar-refractivity contribution in [1.82, 2.24) is 0 Å². The fourth-order valence-corrected chi connectivity index (χ4v) is 4.66. The molecule has 4 aromatic rings. The summed E-state index contributed by atoms with van der Waals surface area (Å²) in [5, 5.41) is 4.37. The first-order chi connectivity index (χ1) is 16.7. The molecule has 0 atom stereocenters. The highest BCUT2D eigenvalue weighted by atomic mass is 16.5. The van der Waals surface area contributed by atoms with Crippen LogP contribution in [0.5, 0.6) is 11.5 Å². The molecule has 0 saturated heterocycles. The lowest BCUT2D eigenvalue weighted by atomic mass is 9.91. The van der Waals surface area contributed by atoms with Crippen molar-refractivity contribution in [3.8, 4) is 22.6 Å². The molecule has 0 amide bonds. The molecule has 0 spiro atoms. The zero-order chi connectivity index (χ0) is 23.9. The second-order valence-electron chi connectivity index (χ2n) is 8.63. The molecule has 0 aliphatic heterocycles. The first kappa shape index (κ1) is 23.8. The number of carbonyl (C=O) groups excluding carboxylic acids is 1. The third kappa shape index (κ3) is 4.94. The molecule has 0 heterocycles. The number of unbranched alkanes of at least 4 members (excludes halogenated alkanes) is 3. The predicted molar refractivity (Wildman–Crippen MR) is 142 cm³/mol. The molecule has 34 heavy (non-hydrogen) atoms. The van der Waals surface area contributed by atoms with Crippen molar-refractivity contribution in [2.45, 2.75) is 52.9 Å². The molecule has 0 aromatic heterocycles. The van der Waals surface area contributed by atoms with E-state index in [0.29, 0.717) is 19.6 Å². The summed E-state index contributed by atoms with van der Waals surface area (Å²) in [5.41, 5.74) is 2.83. The molecule has 0 bridgehead atoms. The predicted octanol–water partition coefficient (Wildman–Crippen LogP) is 8.61. The van der Waals surface area contributed by atoms with Gasteiger partial charge in [0, 0.05) is 23.1 Å². The molecule has 3 nitrogen and oxygen atoms in total. The van der Waals surface area contributed by atoms with E-state index in [2.05, 4.69) is 49.4 Å². The molecule has 3 heteroatoms. The SMILES string of the molecule is CCCCCCC(=O)c1ccc2c(-c3c(OCC)ccc4ccccc34)c(OCC)ccc2c1. The summed E-state index contributed by atoms with van der Waals surface area (Å²) in [6, 6.07) is 22.7. The third-order valence-corrected chi connectivity index (χ3v) is 6.30. The van der Waals surface area contributed by atoms with Crippen LogP contribution in [0, 0.1) is 0 Å². The van der Waals surface area contributed by atoms with Gasteiger partial charge in [0.1, 0.15) is 11.5 Å². The highest BCUT2D eigenvalue weighted by Gasteiger charge is 2.19. The average molecular weight is 455 g/mol. The second kappa shape index (κ2) is 11.2. The van der Waals surface area contributed by atoms with Gasteiger partial charge in [0.05, 0.1) is 13.2 Å². The standard InChI is InChI=1S/C31H34O3/c1-4-7-8-9-14-27(32)24-15-18-26-23(21-24)17-20-29(34-6-3)31(26)30-25-13-11-10-12-22(25)16-19-28(30)33-5-2/h10-13,15-21H,4-9,14H2,1-3H3. The van der Waals surface area contributed by atoms with Crippen LogP contribution in [0.15, 0.2) is 66.7 Å². The molecule has 0 radical (unpaired) electrons. The van der Waals surface area contributed by atoms with Crippen LogP contribution < -0.4 is 9.47 Å². The summed E-state index contributed by atoms with van der Waals surface area (Å²) < 4.78 is 12.2. The van der Waals surface area contributed by atoms with Gasteiger partial charge < -0.3 is 9.47 Å². The zero-order valence-corrected chi connectivity index (χ0v) is 20.5. The van der Waals surface area contributed by atoms with Gasteiger partial charge in [-0.2, -0.15) is 0 Å². The number of ketones is 1. The van der Waals surface area contributed by atoms with Gasteiger partial charge in [-0.15, -0.1) is 0 Å². The van der Waals surface area contributed by atoms with Crippen molar-refractivity contribution in [1.29, 1.82) is 0 Å². The number of fused-ring (bicyclic) bond motifs is 2. The van der Waals surface area contributed by atoms with E-state index >= 15 is 0 Å². The Kier molecular flexibility index (Phi) is 7.84. The maximum absolute atomic E-state index is 12.8. The van der Waals surface area contributed by atoms with Crippen molar-refractivity contribution in [3.05, 3.63) is 72.3 Å². The van der Waals surface area contributed by atoms with Crippen LogP contribution in [0.25, 0.3) is 32.7 Å². The van der Waals surface area contributed by atoms with Crippen LogP contribution in [0.4, 0.5) is 0 Å². The number of hydrogen-bond acceptors (Lipinski definition) is 3. The Bertz CT molecular complexity index is 1290. The summed E-state index contributed by atoms with van der Waals surface area (Å²) in [6.45, 7) is 7.34. The number of hydrogen-bond donors (Lipinski definition) is 0. The van der Waals surface area contributed by atoms with Crippen LogP contribution in [-0.2, 0) is 0 Å². The number of rotatable bonds is 11. The quantitative estimate of drug-likeness (QED) is 0.168. The van der Waals surface area contributed by atoms with Crippen LogP contribution in [0.3, 0.4) is 0 Å². The minimum atomic E-state index is 0.216. The monoisotopic (exact) mass is 454 g/mol. The highest BCUT2D eigenvalue weighted by Crippen LogP contribution is 2.45. The minimum absolute atomic E-state index is 0.216. The van der Waals surface area contributed by atoms with Gasteiger partial charge in [-0.1, -0.05) is 74.7 Å². The Balaban J connectivity index is 1.88. The first-order valence-electron chi connectivity index (χ1n) is 12.6. The number of ether oxygens (including phenoxy) is 2. The molecule has 176 valence electrons. The maximum atomic E-state index is 12.8. The van der Waals surface area contributed by atoms with E-state index in [1.165, 1.54) is 12.8 Å². The number of benzene rings is 4. The maximum Gasteiger partial charge on any atom is 0.162 e. The molecule has 4 aromatic carbocycles. The first-order valence-corrected chi connectivity index (χ1v) is 12.6. The van der Waals surface area contributed by atoms with Gasteiger partial charge in [0.25, 0.3) is 0 Å². The number of Topliss-reactive ketones (excluding diaryl/α,β-unsaturated/α-hetero) is 1. The van der Waals surface area contributed by atoms with Crippen LogP contribution in [-0.4, -0.2) is 19.0 Å². The van der Waals surface area contributed by atoms with E-state index in [9.17, 15) is 4.79 Å². The van der Waals surface area contributed by atoms with Crippen LogP contribution in [0.2, 0.25) is 0 Å². The second-order valence-corrected chi connectivity index (χ2v) is 8.63. The van der Waals surface area contributed by atoms with Gasteiger partial charge in [-0.3, -0.25) is 4.79 Å². The smallest absolute Gasteiger partial charge is 0.162 e. The largest absolute Gasteiger partial charge is 0.493 e. The molecule has 0 N–H and O–H groups in total. The van der Waals surface area contributed by atoms with Gasteiger partial charge in [-0.05, 0) is 60.0 Å². The molecule has 0 fully saturated rings. The molecule has 0 unspecified atom stereocenters.